The Morgan fingerprint density at radius 2 is 2.11 bits per heavy atom. The van der Waals surface area contributed by atoms with Gasteiger partial charge >= 0.3 is 0 Å². The lowest BCUT2D eigenvalue weighted by Gasteiger charge is -2.03. The molecule has 2 aromatic rings. The summed E-state index contributed by atoms with van der Waals surface area (Å²) >= 11 is 1.64. The fourth-order valence-electron chi connectivity index (χ4n) is 1.77. The second-order valence-electron chi connectivity index (χ2n) is 4.22. The van der Waals surface area contributed by atoms with E-state index in [1.54, 1.807) is 18.7 Å². The van der Waals surface area contributed by atoms with Gasteiger partial charge in [0.25, 0.3) is 0 Å². The van der Waals surface area contributed by atoms with E-state index in [0.717, 1.165) is 4.90 Å². The van der Waals surface area contributed by atoms with Gasteiger partial charge < -0.3 is 4.52 Å². The van der Waals surface area contributed by atoms with Crippen LogP contribution in [0.5, 0.6) is 0 Å². The Morgan fingerprint density at radius 1 is 1.37 bits per heavy atom. The Bertz CT molecular complexity index is 539. The van der Waals surface area contributed by atoms with Gasteiger partial charge in [-0.25, -0.2) is 0 Å². The van der Waals surface area contributed by atoms with E-state index in [2.05, 4.69) is 10.1 Å². The first kappa shape index (κ1) is 13.8. The van der Waals surface area contributed by atoms with Crippen molar-refractivity contribution in [1.29, 1.82) is 0 Å². The molecule has 2 rings (SSSR count). The second kappa shape index (κ2) is 6.52. The average Bonchev–Trinajstić information content (AvgIpc) is 2.87. The summed E-state index contributed by atoms with van der Waals surface area (Å²) < 4.78 is 5.17. The Labute approximate surface area is 116 Å². The van der Waals surface area contributed by atoms with Gasteiger partial charge in [-0.15, -0.1) is 11.8 Å². The molecule has 1 heterocycles. The Balaban J connectivity index is 1.99. The number of hydrogen-bond acceptors (Lipinski definition) is 5. The summed E-state index contributed by atoms with van der Waals surface area (Å²) in [5.41, 5.74) is 0. The van der Waals surface area contributed by atoms with Crippen molar-refractivity contribution in [2.45, 2.75) is 36.8 Å². The van der Waals surface area contributed by atoms with E-state index in [4.69, 9.17) is 4.52 Å². The van der Waals surface area contributed by atoms with Crippen LogP contribution in [-0.2, 0) is 10.5 Å². The van der Waals surface area contributed by atoms with Gasteiger partial charge in [0.15, 0.2) is 5.82 Å². The molecule has 0 bridgehead atoms. The molecule has 0 radical (unpaired) electrons. The zero-order chi connectivity index (χ0) is 13.7. The van der Waals surface area contributed by atoms with Crippen LogP contribution in [0.15, 0.2) is 39.8 Å². The van der Waals surface area contributed by atoms with Crippen molar-refractivity contribution in [3.63, 3.8) is 0 Å². The number of aromatic nitrogens is 2. The van der Waals surface area contributed by atoms with E-state index in [-0.39, 0.29) is 11.7 Å². The molecule has 0 saturated heterocycles. The lowest BCUT2D eigenvalue weighted by Crippen LogP contribution is -2.07. The van der Waals surface area contributed by atoms with Crippen LogP contribution in [0.1, 0.15) is 37.9 Å². The normalized spacial score (nSPS) is 12.3. The van der Waals surface area contributed by atoms with E-state index in [1.807, 2.05) is 37.3 Å². The summed E-state index contributed by atoms with van der Waals surface area (Å²) in [5, 5.41) is 3.92. The van der Waals surface area contributed by atoms with Crippen molar-refractivity contribution in [3.8, 4) is 0 Å². The van der Waals surface area contributed by atoms with Gasteiger partial charge in [0, 0.05) is 4.90 Å². The van der Waals surface area contributed by atoms with E-state index >= 15 is 0 Å². The number of Topliss-reactive ketones (excluding diaryl/α,β-unsaturated/α-hetero) is 1. The molecule has 0 aliphatic rings. The number of carbonyl (C=O) groups is 1. The molecule has 0 aliphatic carbocycles. The van der Waals surface area contributed by atoms with E-state index in [9.17, 15) is 4.79 Å². The zero-order valence-electron chi connectivity index (χ0n) is 11.0. The predicted octanol–water partition coefficient (Wildman–Crippen LogP) is 3.44. The molecule has 0 saturated carbocycles. The number of rotatable bonds is 6. The fraction of sp³-hybridized carbons (Fsp3) is 0.357. The van der Waals surface area contributed by atoms with Crippen LogP contribution in [-0.4, -0.2) is 15.9 Å². The molecular formula is C14H16N2O2S. The van der Waals surface area contributed by atoms with E-state index < -0.39 is 0 Å². The first-order valence-corrected chi connectivity index (χ1v) is 7.20. The summed E-state index contributed by atoms with van der Waals surface area (Å²) in [6, 6.07) is 10.0. The highest BCUT2D eigenvalue weighted by molar-refractivity contribution is 7.98. The third kappa shape index (κ3) is 3.67. The second-order valence-corrected chi connectivity index (χ2v) is 5.27. The highest BCUT2D eigenvalue weighted by atomic mass is 32.2. The van der Waals surface area contributed by atoms with Gasteiger partial charge in [-0.3, -0.25) is 4.79 Å². The summed E-state index contributed by atoms with van der Waals surface area (Å²) in [7, 11) is 0. The molecule has 1 aromatic heterocycles. The van der Waals surface area contributed by atoms with Crippen molar-refractivity contribution >= 4 is 17.5 Å². The third-order valence-corrected chi connectivity index (χ3v) is 3.80. The molecule has 0 N–H and O–H groups in total. The van der Waals surface area contributed by atoms with Gasteiger partial charge in [-0.2, -0.15) is 4.98 Å². The molecule has 1 unspecified atom stereocenters. The molecule has 100 valence electrons. The zero-order valence-corrected chi connectivity index (χ0v) is 11.8. The number of thioether (sulfide) groups is 1. The Morgan fingerprint density at radius 3 is 2.74 bits per heavy atom. The Kier molecular flexibility index (Phi) is 4.74. The quantitative estimate of drug-likeness (QED) is 0.756. The first-order valence-electron chi connectivity index (χ1n) is 6.21. The van der Waals surface area contributed by atoms with Crippen LogP contribution < -0.4 is 0 Å². The lowest BCUT2D eigenvalue weighted by atomic mass is 10.0. The summed E-state index contributed by atoms with van der Waals surface area (Å²) in [6.45, 7) is 3.49. The maximum Gasteiger partial charge on any atom is 0.237 e. The molecule has 0 amide bonds. The summed E-state index contributed by atoms with van der Waals surface area (Å²) in [5.74, 6) is 1.49. The Hall–Kier alpha value is -1.62. The molecule has 0 aliphatic heterocycles. The van der Waals surface area contributed by atoms with E-state index in [1.165, 1.54) is 0 Å². The number of benzene rings is 1. The van der Waals surface area contributed by atoms with Crippen molar-refractivity contribution < 1.29 is 9.32 Å². The van der Waals surface area contributed by atoms with Gasteiger partial charge in [0.1, 0.15) is 5.78 Å². The minimum atomic E-state index is -0.275. The van der Waals surface area contributed by atoms with Crippen molar-refractivity contribution in [3.05, 3.63) is 42.0 Å². The van der Waals surface area contributed by atoms with Gasteiger partial charge in [-0.05, 0) is 25.5 Å². The van der Waals surface area contributed by atoms with Gasteiger partial charge in [0.05, 0.1) is 11.7 Å². The predicted molar refractivity (Wildman–Crippen MR) is 74.0 cm³/mol. The summed E-state index contributed by atoms with van der Waals surface area (Å²) in [4.78, 5) is 16.9. The molecule has 19 heavy (non-hydrogen) atoms. The minimum absolute atomic E-state index is 0.0633. The van der Waals surface area contributed by atoms with Crippen LogP contribution in [0.4, 0.5) is 0 Å². The van der Waals surface area contributed by atoms with Gasteiger partial charge in [0.2, 0.25) is 5.89 Å². The van der Waals surface area contributed by atoms with Crippen LogP contribution in [0.3, 0.4) is 0 Å². The van der Waals surface area contributed by atoms with Crippen LogP contribution in [0.2, 0.25) is 0 Å². The first-order chi connectivity index (χ1) is 9.20. The maximum absolute atomic E-state index is 11.4. The largest absolute Gasteiger partial charge is 0.339 e. The lowest BCUT2D eigenvalue weighted by molar-refractivity contribution is -0.119. The number of nitrogens with zero attached hydrogens (tertiary/aromatic N) is 2. The maximum atomic E-state index is 11.4. The van der Waals surface area contributed by atoms with Crippen molar-refractivity contribution in [2.75, 3.05) is 0 Å². The van der Waals surface area contributed by atoms with E-state index in [0.29, 0.717) is 23.9 Å². The summed E-state index contributed by atoms with van der Waals surface area (Å²) in [6.07, 6.45) is 0.683. The molecule has 5 heteroatoms. The fourth-order valence-corrected chi connectivity index (χ4v) is 2.53. The molecule has 1 aromatic carbocycles. The molecule has 0 fully saturated rings. The van der Waals surface area contributed by atoms with Crippen LogP contribution in [0, 0.1) is 0 Å². The van der Waals surface area contributed by atoms with Crippen LogP contribution >= 0.6 is 11.8 Å². The smallest absolute Gasteiger partial charge is 0.237 e. The van der Waals surface area contributed by atoms with Gasteiger partial charge in [-0.1, -0.05) is 30.3 Å². The molecular weight excluding hydrogens is 260 g/mol. The monoisotopic (exact) mass is 276 g/mol. The average molecular weight is 276 g/mol. The minimum Gasteiger partial charge on any atom is -0.339 e. The third-order valence-electron chi connectivity index (χ3n) is 2.79. The standard InChI is InChI=1S/C14H16N2O2S/c1-3-12(10(2)17)14-15-13(16-18-14)9-19-11-7-5-4-6-8-11/h4-8,12H,3,9H2,1-2H3. The number of ketones is 1. The number of hydrogen-bond donors (Lipinski definition) is 0. The van der Waals surface area contributed by atoms with Crippen LogP contribution in [0.25, 0.3) is 0 Å². The molecule has 4 nitrogen and oxygen atoms in total. The molecule has 0 spiro atoms. The topological polar surface area (TPSA) is 56.0 Å². The van der Waals surface area contributed by atoms with Crippen molar-refractivity contribution in [1.82, 2.24) is 10.1 Å². The highest BCUT2D eigenvalue weighted by Gasteiger charge is 2.21. The SMILES string of the molecule is CCC(C(C)=O)c1nc(CSc2ccccc2)no1. The van der Waals surface area contributed by atoms with Crippen molar-refractivity contribution in [2.24, 2.45) is 0 Å². The number of carbonyl (C=O) groups excluding carboxylic acids is 1. The molecule has 1 atom stereocenters. The highest BCUT2D eigenvalue weighted by Crippen LogP contribution is 2.23.